The number of anilines is 1. The van der Waals surface area contributed by atoms with Crippen LogP contribution in [0.25, 0.3) is 0 Å². The van der Waals surface area contributed by atoms with E-state index in [1.54, 1.807) is 0 Å². The summed E-state index contributed by atoms with van der Waals surface area (Å²) >= 11 is 3.40. The highest BCUT2D eigenvalue weighted by Crippen LogP contribution is 2.19. The average Bonchev–Trinajstić information content (AvgIpc) is 2.51. The number of likely N-dealkylation sites (tertiary alicyclic amines) is 1. The Labute approximate surface area is 152 Å². The Hall–Kier alpha value is -1.40. The first kappa shape index (κ1) is 18.9. The number of aryl methyl sites for hydroxylation is 1. The zero-order valence-electron chi connectivity index (χ0n) is 14.2. The number of nitrogens with zero attached hydrogens (tertiary/aromatic N) is 1. The molecule has 0 unspecified atom stereocenters. The van der Waals surface area contributed by atoms with E-state index in [0.717, 1.165) is 41.7 Å². The molecule has 24 heavy (non-hydrogen) atoms. The Morgan fingerprint density at radius 3 is 2.42 bits per heavy atom. The van der Waals surface area contributed by atoms with Crippen molar-refractivity contribution in [2.45, 2.75) is 39.0 Å². The van der Waals surface area contributed by atoms with Crippen LogP contribution in [0, 0.1) is 6.92 Å². The molecule has 132 valence electrons. The van der Waals surface area contributed by atoms with Crippen molar-refractivity contribution < 1.29 is 9.59 Å². The summed E-state index contributed by atoms with van der Waals surface area (Å²) in [6, 6.07) is 5.67. The standard InChI is InChI=1S/C18H26BrN3O2/c1-14-11-15(19)7-8-16(14)21-17(23)12-20-18(24)13-22-9-5-3-2-4-6-10-22/h7-8,11H,2-6,9-10,12-13H2,1H3,(H,20,24)(H,21,23). The monoisotopic (exact) mass is 395 g/mol. The largest absolute Gasteiger partial charge is 0.346 e. The third-order valence-corrected chi connectivity index (χ3v) is 4.72. The van der Waals surface area contributed by atoms with Gasteiger partial charge in [-0.15, -0.1) is 0 Å². The highest BCUT2D eigenvalue weighted by Gasteiger charge is 2.13. The smallest absolute Gasteiger partial charge is 0.243 e. The van der Waals surface area contributed by atoms with E-state index in [1.807, 2.05) is 25.1 Å². The van der Waals surface area contributed by atoms with Gasteiger partial charge in [0.15, 0.2) is 0 Å². The number of rotatable bonds is 5. The molecule has 6 heteroatoms. The van der Waals surface area contributed by atoms with Crippen LogP contribution in [0.2, 0.25) is 0 Å². The first-order valence-electron chi connectivity index (χ1n) is 8.59. The molecular weight excluding hydrogens is 370 g/mol. The summed E-state index contributed by atoms with van der Waals surface area (Å²) in [6.07, 6.45) is 6.09. The van der Waals surface area contributed by atoms with Crippen LogP contribution in [0.5, 0.6) is 0 Å². The van der Waals surface area contributed by atoms with Crippen LogP contribution in [-0.2, 0) is 9.59 Å². The van der Waals surface area contributed by atoms with Gasteiger partial charge in [-0.1, -0.05) is 35.2 Å². The molecule has 1 aliphatic heterocycles. The Bertz CT molecular complexity index is 569. The van der Waals surface area contributed by atoms with E-state index in [1.165, 1.54) is 19.3 Å². The second-order valence-electron chi connectivity index (χ2n) is 6.33. The van der Waals surface area contributed by atoms with Crippen LogP contribution < -0.4 is 10.6 Å². The molecule has 2 N–H and O–H groups in total. The maximum Gasteiger partial charge on any atom is 0.243 e. The molecule has 0 spiro atoms. The minimum Gasteiger partial charge on any atom is -0.346 e. The first-order chi connectivity index (χ1) is 11.5. The van der Waals surface area contributed by atoms with Gasteiger partial charge in [-0.2, -0.15) is 0 Å². The zero-order valence-corrected chi connectivity index (χ0v) is 15.8. The summed E-state index contributed by atoms with van der Waals surface area (Å²) in [6.45, 7) is 4.25. The number of hydrogen-bond donors (Lipinski definition) is 2. The fourth-order valence-corrected chi connectivity index (χ4v) is 3.35. The van der Waals surface area contributed by atoms with E-state index in [0.29, 0.717) is 6.54 Å². The summed E-state index contributed by atoms with van der Waals surface area (Å²) in [4.78, 5) is 26.2. The van der Waals surface area contributed by atoms with Crippen molar-refractivity contribution in [3.63, 3.8) is 0 Å². The molecule has 0 radical (unpaired) electrons. The van der Waals surface area contributed by atoms with Gasteiger partial charge in [0, 0.05) is 10.2 Å². The van der Waals surface area contributed by atoms with Crippen LogP contribution in [0.3, 0.4) is 0 Å². The van der Waals surface area contributed by atoms with Crippen LogP contribution in [0.1, 0.15) is 37.7 Å². The lowest BCUT2D eigenvalue weighted by molar-refractivity contribution is -0.125. The molecule has 1 saturated heterocycles. The van der Waals surface area contributed by atoms with Gasteiger partial charge in [0.2, 0.25) is 11.8 Å². The van der Waals surface area contributed by atoms with E-state index in [4.69, 9.17) is 0 Å². The number of halogens is 1. The van der Waals surface area contributed by atoms with Crippen molar-refractivity contribution in [1.82, 2.24) is 10.2 Å². The molecule has 1 aliphatic rings. The highest BCUT2D eigenvalue weighted by atomic mass is 79.9. The molecule has 0 bridgehead atoms. The molecule has 1 heterocycles. The van der Waals surface area contributed by atoms with E-state index in [-0.39, 0.29) is 18.4 Å². The summed E-state index contributed by atoms with van der Waals surface area (Å²) in [5.74, 6) is -0.292. The third-order valence-electron chi connectivity index (χ3n) is 4.22. The van der Waals surface area contributed by atoms with E-state index in [9.17, 15) is 9.59 Å². The summed E-state index contributed by atoms with van der Waals surface area (Å²) in [5.41, 5.74) is 1.74. The second-order valence-corrected chi connectivity index (χ2v) is 7.24. The zero-order chi connectivity index (χ0) is 17.4. The van der Waals surface area contributed by atoms with Gasteiger partial charge >= 0.3 is 0 Å². The van der Waals surface area contributed by atoms with Gasteiger partial charge in [0.1, 0.15) is 0 Å². The van der Waals surface area contributed by atoms with Gasteiger partial charge in [-0.05, 0) is 56.6 Å². The number of nitrogens with one attached hydrogen (secondary N) is 2. The fraction of sp³-hybridized carbons (Fsp3) is 0.556. The Kier molecular flexibility index (Phi) is 7.72. The van der Waals surface area contributed by atoms with Crippen molar-refractivity contribution in [2.24, 2.45) is 0 Å². The molecule has 0 atom stereocenters. The molecule has 0 aromatic heterocycles. The maximum absolute atomic E-state index is 12.0. The van der Waals surface area contributed by atoms with Crippen LogP contribution in [0.4, 0.5) is 5.69 Å². The van der Waals surface area contributed by atoms with E-state index >= 15 is 0 Å². The van der Waals surface area contributed by atoms with Gasteiger partial charge in [0.05, 0.1) is 13.1 Å². The minimum absolute atomic E-state index is 0.00216. The number of carbonyl (C=O) groups is 2. The predicted octanol–water partition coefficient (Wildman–Crippen LogP) is 3.08. The topological polar surface area (TPSA) is 61.4 Å². The molecule has 2 amide bonds. The molecule has 1 fully saturated rings. The first-order valence-corrected chi connectivity index (χ1v) is 9.39. The van der Waals surface area contributed by atoms with Gasteiger partial charge < -0.3 is 10.6 Å². The normalized spacial score (nSPS) is 16.1. The Morgan fingerprint density at radius 2 is 1.75 bits per heavy atom. The average molecular weight is 396 g/mol. The van der Waals surface area contributed by atoms with Gasteiger partial charge in [-0.3, -0.25) is 14.5 Å². The van der Waals surface area contributed by atoms with Gasteiger partial charge in [-0.25, -0.2) is 0 Å². The van der Waals surface area contributed by atoms with E-state index < -0.39 is 0 Å². The van der Waals surface area contributed by atoms with Crippen LogP contribution in [-0.4, -0.2) is 42.9 Å². The lowest BCUT2D eigenvalue weighted by Gasteiger charge is -2.23. The lowest BCUT2D eigenvalue weighted by Crippen LogP contribution is -2.41. The van der Waals surface area contributed by atoms with Crippen molar-refractivity contribution >= 4 is 33.4 Å². The molecule has 5 nitrogen and oxygen atoms in total. The fourth-order valence-electron chi connectivity index (χ4n) is 2.87. The number of hydrogen-bond acceptors (Lipinski definition) is 3. The molecule has 1 aromatic carbocycles. The highest BCUT2D eigenvalue weighted by molar-refractivity contribution is 9.10. The molecular formula is C18H26BrN3O2. The molecule has 2 rings (SSSR count). The van der Waals surface area contributed by atoms with Crippen molar-refractivity contribution in [3.05, 3.63) is 28.2 Å². The summed E-state index contributed by atoms with van der Waals surface area (Å²) < 4.78 is 0.972. The van der Waals surface area contributed by atoms with Crippen LogP contribution in [0.15, 0.2) is 22.7 Å². The molecule has 0 aliphatic carbocycles. The molecule has 1 aromatic rings. The minimum atomic E-state index is -0.207. The summed E-state index contributed by atoms with van der Waals surface area (Å²) in [5, 5.41) is 5.54. The quantitative estimate of drug-likeness (QED) is 0.804. The van der Waals surface area contributed by atoms with Gasteiger partial charge in [0.25, 0.3) is 0 Å². The number of amides is 2. The SMILES string of the molecule is Cc1cc(Br)ccc1NC(=O)CNC(=O)CN1CCCCCCC1. The van der Waals surface area contributed by atoms with Crippen molar-refractivity contribution in [1.29, 1.82) is 0 Å². The van der Waals surface area contributed by atoms with E-state index in [2.05, 4.69) is 31.5 Å². The Balaban J connectivity index is 1.73. The summed E-state index contributed by atoms with van der Waals surface area (Å²) in [7, 11) is 0. The van der Waals surface area contributed by atoms with Crippen LogP contribution >= 0.6 is 15.9 Å². The maximum atomic E-state index is 12.0. The van der Waals surface area contributed by atoms with Crippen molar-refractivity contribution in [2.75, 3.05) is 31.5 Å². The number of carbonyl (C=O) groups excluding carboxylic acids is 2. The number of benzene rings is 1. The predicted molar refractivity (Wildman–Crippen MR) is 100 cm³/mol. The third kappa shape index (κ3) is 6.61. The van der Waals surface area contributed by atoms with Crippen molar-refractivity contribution in [3.8, 4) is 0 Å². The lowest BCUT2D eigenvalue weighted by atomic mass is 10.1. The molecule has 0 saturated carbocycles. The second kappa shape index (κ2) is 9.79. The Morgan fingerprint density at radius 1 is 1.08 bits per heavy atom.